The fourth-order valence-electron chi connectivity index (χ4n) is 4.22. The number of Topliss-reactive ketones (excluding diaryl/α,β-unsaturated/α-hetero) is 1. The van der Waals surface area contributed by atoms with Gasteiger partial charge in [-0.2, -0.15) is 0 Å². The van der Waals surface area contributed by atoms with Gasteiger partial charge in [0.15, 0.2) is 5.78 Å². The molecule has 0 spiro atoms. The molecule has 1 rings (SSSR count). The quantitative estimate of drug-likeness (QED) is 0.372. The van der Waals surface area contributed by atoms with Gasteiger partial charge in [0.2, 0.25) is 0 Å². The highest BCUT2D eigenvalue weighted by Crippen LogP contribution is 2.38. The predicted octanol–water partition coefficient (Wildman–Crippen LogP) is 6.06. The van der Waals surface area contributed by atoms with Crippen LogP contribution in [0.3, 0.4) is 0 Å². The van der Waals surface area contributed by atoms with Crippen molar-refractivity contribution in [1.29, 1.82) is 0 Å². The van der Waals surface area contributed by atoms with Crippen molar-refractivity contribution in [3.8, 4) is 0 Å². The van der Waals surface area contributed by atoms with Gasteiger partial charge in [-0.15, -0.1) is 0 Å². The maximum atomic E-state index is 11.0. The number of ketones is 1. The molecule has 0 aromatic rings. The van der Waals surface area contributed by atoms with Crippen molar-refractivity contribution in [2.45, 2.75) is 110 Å². The molecule has 2 heteroatoms. The minimum absolute atomic E-state index is 0.000191. The molecule has 0 bridgehead atoms. The van der Waals surface area contributed by atoms with Crippen molar-refractivity contribution in [1.82, 2.24) is 0 Å². The number of unbranched alkanes of at least 4 members (excludes halogenated alkanes) is 8. The summed E-state index contributed by atoms with van der Waals surface area (Å²) in [7, 11) is 0. The van der Waals surface area contributed by atoms with E-state index in [1.807, 2.05) is 0 Å². The van der Waals surface area contributed by atoms with Crippen molar-refractivity contribution in [2.75, 3.05) is 6.61 Å². The van der Waals surface area contributed by atoms with E-state index in [2.05, 4.69) is 6.92 Å². The third kappa shape index (κ3) is 10.2. The van der Waals surface area contributed by atoms with E-state index < -0.39 is 0 Å². The Morgan fingerprint density at radius 3 is 1.91 bits per heavy atom. The number of carbonyl (C=O) groups is 1. The third-order valence-electron chi connectivity index (χ3n) is 5.70. The Hall–Kier alpha value is -0.370. The van der Waals surface area contributed by atoms with Crippen LogP contribution in [0.15, 0.2) is 0 Å². The van der Waals surface area contributed by atoms with Gasteiger partial charge in [0.1, 0.15) is 6.61 Å². The van der Waals surface area contributed by atoms with Gasteiger partial charge in [-0.3, -0.25) is 4.79 Å². The molecule has 0 aromatic heterocycles. The van der Waals surface area contributed by atoms with Crippen LogP contribution in [0.5, 0.6) is 0 Å². The Morgan fingerprint density at radius 2 is 1.35 bits per heavy atom. The van der Waals surface area contributed by atoms with Crippen molar-refractivity contribution < 1.29 is 9.90 Å². The molecule has 0 aliphatic heterocycles. The number of carbonyl (C=O) groups excluding carboxylic acids is 1. The van der Waals surface area contributed by atoms with E-state index in [9.17, 15) is 4.79 Å². The lowest BCUT2D eigenvalue weighted by Gasteiger charge is -2.19. The first-order chi connectivity index (χ1) is 11.3. The zero-order valence-corrected chi connectivity index (χ0v) is 15.5. The molecule has 23 heavy (non-hydrogen) atoms. The van der Waals surface area contributed by atoms with Gasteiger partial charge >= 0.3 is 0 Å². The molecule has 0 aromatic carbocycles. The molecule has 1 N–H and O–H groups in total. The number of aliphatic hydroxyl groups excluding tert-OH is 1. The van der Waals surface area contributed by atoms with Crippen LogP contribution < -0.4 is 0 Å². The SMILES string of the molecule is CCCCCCCC[C@H]1CCC[C@@H]1CCCCCCC(=O)CO. The van der Waals surface area contributed by atoms with Crippen LogP contribution in [0.25, 0.3) is 0 Å². The monoisotopic (exact) mass is 324 g/mol. The molecule has 0 heterocycles. The molecule has 136 valence electrons. The number of rotatable bonds is 15. The maximum absolute atomic E-state index is 11.0. The summed E-state index contributed by atoms with van der Waals surface area (Å²) in [6.07, 6.45) is 21.1. The summed E-state index contributed by atoms with van der Waals surface area (Å²) in [6.45, 7) is 2.01. The molecule has 1 saturated carbocycles. The smallest absolute Gasteiger partial charge is 0.158 e. The van der Waals surface area contributed by atoms with Crippen molar-refractivity contribution in [3.05, 3.63) is 0 Å². The zero-order chi connectivity index (χ0) is 16.8. The highest BCUT2D eigenvalue weighted by molar-refractivity contribution is 5.79. The van der Waals surface area contributed by atoms with Crippen molar-refractivity contribution in [3.63, 3.8) is 0 Å². The summed E-state index contributed by atoms with van der Waals surface area (Å²) in [6, 6.07) is 0. The third-order valence-corrected chi connectivity index (χ3v) is 5.70. The Labute approximate surface area is 144 Å². The maximum Gasteiger partial charge on any atom is 0.158 e. The molecule has 2 nitrogen and oxygen atoms in total. The second-order valence-electron chi connectivity index (χ2n) is 7.66. The van der Waals surface area contributed by atoms with E-state index in [1.165, 1.54) is 83.5 Å². The average Bonchev–Trinajstić information content (AvgIpc) is 3.01. The van der Waals surface area contributed by atoms with Gasteiger partial charge in [0.25, 0.3) is 0 Å². The van der Waals surface area contributed by atoms with E-state index in [-0.39, 0.29) is 12.4 Å². The second-order valence-corrected chi connectivity index (χ2v) is 7.66. The fourth-order valence-corrected chi connectivity index (χ4v) is 4.22. The Bertz CT molecular complexity index is 288. The first-order valence-corrected chi connectivity index (χ1v) is 10.4. The van der Waals surface area contributed by atoms with Crippen LogP contribution in [0, 0.1) is 11.8 Å². The molecule has 0 amide bonds. The van der Waals surface area contributed by atoms with E-state index in [0.29, 0.717) is 6.42 Å². The lowest BCUT2D eigenvalue weighted by Crippen LogP contribution is -2.08. The summed E-state index contributed by atoms with van der Waals surface area (Å²) >= 11 is 0. The van der Waals surface area contributed by atoms with Crippen LogP contribution in [-0.2, 0) is 4.79 Å². The topological polar surface area (TPSA) is 37.3 Å². The highest BCUT2D eigenvalue weighted by Gasteiger charge is 2.25. The molecular weight excluding hydrogens is 284 g/mol. The van der Waals surface area contributed by atoms with Crippen LogP contribution in [0.4, 0.5) is 0 Å². The normalized spacial score (nSPS) is 21.0. The van der Waals surface area contributed by atoms with Gasteiger partial charge in [-0.25, -0.2) is 0 Å². The van der Waals surface area contributed by atoms with Gasteiger partial charge in [-0.1, -0.05) is 96.8 Å². The minimum atomic E-state index is -0.276. The van der Waals surface area contributed by atoms with Crippen molar-refractivity contribution >= 4 is 5.78 Å². The summed E-state index contributed by atoms with van der Waals surface area (Å²) in [5.41, 5.74) is 0. The second kappa shape index (κ2) is 14.0. The molecule has 1 fully saturated rings. The van der Waals surface area contributed by atoms with E-state index in [1.54, 1.807) is 0 Å². The van der Waals surface area contributed by atoms with E-state index >= 15 is 0 Å². The molecular formula is C21H40O2. The largest absolute Gasteiger partial charge is 0.389 e. The van der Waals surface area contributed by atoms with Crippen molar-refractivity contribution in [2.24, 2.45) is 11.8 Å². The number of hydrogen-bond donors (Lipinski definition) is 1. The first-order valence-electron chi connectivity index (χ1n) is 10.4. The first kappa shape index (κ1) is 20.7. The Kier molecular flexibility index (Phi) is 12.6. The summed E-state index contributed by atoms with van der Waals surface area (Å²) in [5.74, 6) is 2.00. The standard InChI is InChI=1S/C21H40O2/c1-2-3-4-5-6-9-13-19-15-12-16-20(19)14-10-7-8-11-17-21(23)18-22/h19-20,22H,2-18H2,1H3/t19-,20-/m0/s1. The van der Waals surface area contributed by atoms with E-state index in [0.717, 1.165) is 24.7 Å². The van der Waals surface area contributed by atoms with Crippen LogP contribution in [0.1, 0.15) is 110 Å². The lowest BCUT2D eigenvalue weighted by molar-refractivity contribution is -0.121. The fraction of sp³-hybridized carbons (Fsp3) is 0.952. The molecule has 0 unspecified atom stereocenters. The summed E-state index contributed by atoms with van der Waals surface area (Å²) in [5, 5.41) is 8.69. The molecule has 0 radical (unpaired) electrons. The van der Waals surface area contributed by atoms with E-state index in [4.69, 9.17) is 5.11 Å². The number of hydrogen-bond acceptors (Lipinski definition) is 2. The van der Waals surface area contributed by atoms with Gasteiger partial charge in [0.05, 0.1) is 0 Å². The van der Waals surface area contributed by atoms with Crippen LogP contribution in [-0.4, -0.2) is 17.5 Å². The highest BCUT2D eigenvalue weighted by atomic mass is 16.3. The molecule has 1 aliphatic rings. The summed E-state index contributed by atoms with van der Waals surface area (Å²) < 4.78 is 0. The predicted molar refractivity (Wildman–Crippen MR) is 98.6 cm³/mol. The Balaban J connectivity index is 1.99. The molecule has 0 saturated heterocycles. The molecule has 2 atom stereocenters. The lowest BCUT2D eigenvalue weighted by atomic mass is 9.86. The molecule has 1 aliphatic carbocycles. The minimum Gasteiger partial charge on any atom is -0.389 e. The van der Waals surface area contributed by atoms with Gasteiger partial charge in [-0.05, 0) is 18.3 Å². The zero-order valence-electron chi connectivity index (χ0n) is 15.5. The average molecular weight is 325 g/mol. The Morgan fingerprint density at radius 1 is 0.826 bits per heavy atom. The summed E-state index contributed by atoms with van der Waals surface area (Å²) in [4.78, 5) is 11.0. The van der Waals surface area contributed by atoms with Crippen LogP contribution >= 0.6 is 0 Å². The van der Waals surface area contributed by atoms with Gasteiger partial charge in [0, 0.05) is 6.42 Å². The van der Waals surface area contributed by atoms with Gasteiger partial charge < -0.3 is 5.11 Å². The van der Waals surface area contributed by atoms with Crippen LogP contribution in [0.2, 0.25) is 0 Å². The number of aliphatic hydroxyl groups is 1.